The Morgan fingerprint density at radius 1 is 1.12 bits per heavy atom. The van der Waals surface area contributed by atoms with Crippen LogP contribution >= 0.6 is 0 Å². The Hall–Kier alpha value is -3.92. The van der Waals surface area contributed by atoms with E-state index >= 15 is 0 Å². The molecule has 1 amide bonds. The van der Waals surface area contributed by atoms with Crippen molar-refractivity contribution in [2.24, 2.45) is 5.84 Å². The normalized spacial score (nSPS) is 10.9. The SMILES string of the molecule is CCCCc1nc(CC(=O)NN)nn1Cc1ccc(-c2ccccc2-c2nn[nH]n2)cc1. The van der Waals surface area contributed by atoms with Gasteiger partial charge in [-0.2, -0.15) is 10.3 Å². The first-order valence-corrected chi connectivity index (χ1v) is 10.5. The number of hydrogen-bond acceptors (Lipinski definition) is 7. The molecule has 10 heteroatoms. The maximum atomic E-state index is 11.6. The number of aromatic amines is 1. The summed E-state index contributed by atoms with van der Waals surface area (Å²) in [5.74, 6) is 6.79. The number of carbonyl (C=O) groups is 1. The molecule has 2 heterocycles. The molecule has 2 aromatic carbocycles. The van der Waals surface area contributed by atoms with Gasteiger partial charge in [0, 0.05) is 12.0 Å². The van der Waals surface area contributed by atoms with Crippen LogP contribution < -0.4 is 11.3 Å². The van der Waals surface area contributed by atoms with Crippen LogP contribution in [-0.2, 0) is 24.2 Å². The van der Waals surface area contributed by atoms with Gasteiger partial charge in [0.05, 0.1) is 13.0 Å². The minimum Gasteiger partial charge on any atom is -0.294 e. The number of nitrogens with zero attached hydrogens (tertiary/aromatic N) is 6. The van der Waals surface area contributed by atoms with Crippen LogP contribution in [0.15, 0.2) is 48.5 Å². The lowest BCUT2D eigenvalue weighted by Gasteiger charge is -2.09. The second-order valence-electron chi connectivity index (χ2n) is 7.43. The lowest BCUT2D eigenvalue weighted by Crippen LogP contribution is -2.31. The van der Waals surface area contributed by atoms with Crippen LogP contribution in [0.1, 0.15) is 37.0 Å². The van der Waals surface area contributed by atoms with Gasteiger partial charge in [-0.1, -0.05) is 61.9 Å². The summed E-state index contributed by atoms with van der Waals surface area (Å²) in [6.07, 6.45) is 2.94. The Morgan fingerprint density at radius 2 is 1.91 bits per heavy atom. The number of tetrazole rings is 1. The van der Waals surface area contributed by atoms with Crippen molar-refractivity contribution in [2.75, 3.05) is 0 Å². The molecule has 0 saturated heterocycles. The number of hydrogen-bond donors (Lipinski definition) is 3. The number of benzene rings is 2. The molecule has 2 aromatic heterocycles. The van der Waals surface area contributed by atoms with E-state index in [-0.39, 0.29) is 12.3 Å². The Balaban J connectivity index is 1.56. The summed E-state index contributed by atoms with van der Waals surface area (Å²) in [4.78, 5) is 16.2. The van der Waals surface area contributed by atoms with Gasteiger partial charge in [0.1, 0.15) is 5.82 Å². The Kier molecular flexibility index (Phi) is 6.61. The molecule has 0 aliphatic carbocycles. The fourth-order valence-electron chi connectivity index (χ4n) is 3.51. The predicted octanol–water partition coefficient (Wildman–Crippen LogP) is 2.05. The quantitative estimate of drug-likeness (QED) is 0.209. The van der Waals surface area contributed by atoms with Crippen LogP contribution in [0, 0.1) is 0 Å². The third-order valence-electron chi connectivity index (χ3n) is 5.14. The Labute approximate surface area is 185 Å². The van der Waals surface area contributed by atoms with Crippen molar-refractivity contribution in [1.29, 1.82) is 0 Å². The molecule has 0 saturated carbocycles. The number of carbonyl (C=O) groups excluding carboxylic acids is 1. The molecule has 0 aliphatic heterocycles. The molecule has 0 radical (unpaired) electrons. The van der Waals surface area contributed by atoms with Crippen LogP contribution in [-0.4, -0.2) is 41.3 Å². The van der Waals surface area contributed by atoms with Crippen molar-refractivity contribution in [3.63, 3.8) is 0 Å². The molecule has 0 atom stereocenters. The van der Waals surface area contributed by atoms with Gasteiger partial charge < -0.3 is 0 Å². The topological polar surface area (TPSA) is 140 Å². The number of amides is 1. The van der Waals surface area contributed by atoms with E-state index in [2.05, 4.69) is 67.3 Å². The number of unbranched alkanes of at least 4 members (excludes halogenated alkanes) is 1. The van der Waals surface area contributed by atoms with Gasteiger partial charge in [0.2, 0.25) is 11.7 Å². The molecule has 32 heavy (non-hydrogen) atoms. The summed E-state index contributed by atoms with van der Waals surface area (Å²) in [5, 5.41) is 18.9. The summed E-state index contributed by atoms with van der Waals surface area (Å²) >= 11 is 0. The highest BCUT2D eigenvalue weighted by Crippen LogP contribution is 2.29. The number of aromatic nitrogens is 7. The summed E-state index contributed by atoms with van der Waals surface area (Å²) < 4.78 is 1.87. The predicted molar refractivity (Wildman–Crippen MR) is 119 cm³/mol. The van der Waals surface area contributed by atoms with Crippen molar-refractivity contribution in [1.82, 2.24) is 40.8 Å². The van der Waals surface area contributed by atoms with Crippen LogP contribution in [0.4, 0.5) is 0 Å². The maximum Gasteiger partial charge on any atom is 0.241 e. The number of rotatable bonds is 9. The minimum absolute atomic E-state index is 0.0639. The third-order valence-corrected chi connectivity index (χ3v) is 5.14. The first-order valence-electron chi connectivity index (χ1n) is 10.5. The second-order valence-corrected chi connectivity index (χ2v) is 7.43. The third kappa shape index (κ3) is 4.86. The van der Waals surface area contributed by atoms with E-state index in [1.54, 1.807) is 0 Å². The number of H-pyrrole nitrogens is 1. The Bertz CT molecular complexity index is 1170. The first kappa shape index (κ1) is 21.3. The van der Waals surface area contributed by atoms with Gasteiger partial charge >= 0.3 is 0 Å². The lowest BCUT2D eigenvalue weighted by molar-refractivity contribution is -0.120. The summed E-state index contributed by atoms with van der Waals surface area (Å²) in [5.41, 5.74) is 6.21. The van der Waals surface area contributed by atoms with Crippen molar-refractivity contribution < 1.29 is 4.79 Å². The van der Waals surface area contributed by atoms with Crippen molar-refractivity contribution >= 4 is 5.91 Å². The molecular formula is C22H25N9O. The maximum absolute atomic E-state index is 11.6. The lowest BCUT2D eigenvalue weighted by atomic mass is 9.98. The average Bonchev–Trinajstić information content (AvgIpc) is 3.48. The summed E-state index contributed by atoms with van der Waals surface area (Å²) in [7, 11) is 0. The molecule has 164 valence electrons. The summed E-state index contributed by atoms with van der Waals surface area (Å²) in [6.45, 7) is 2.71. The molecule has 4 aromatic rings. The molecule has 4 rings (SSSR count). The number of hydrazine groups is 1. The second kappa shape index (κ2) is 9.92. The van der Waals surface area contributed by atoms with E-state index in [4.69, 9.17) is 5.84 Å². The number of nitrogens with one attached hydrogen (secondary N) is 2. The van der Waals surface area contributed by atoms with Crippen molar-refractivity contribution in [3.8, 4) is 22.5 Å². The zero-order valence-electron chi connectivity index (χ0n) is 17.8. The monoisotopic (exact) mass is 431 g/mol. The van der Waals surface area contributed by atoms with Gasteiger partial charge in [-0.25, -0.2) is 15.5 Å². The largest absolute Gasteiger partial charge is 0.294 e. The molecule has 10 nitrogen and oxygen atoms in total. The molecule has 0 spiro atoms. The zero-order chi connectivity index (χ0) is 22.3. The standard InChI is InChI=1S/C22H25N9O/c1-2-3-8-20-24-19(13-21(32)25-23)28-31(20)14-15-9-11-16(12-10-15)17-6-4-5-7-18(17)22-26-29-30-27-22/h4-7,9-12H,2-3,8,13-14,23H2,1H3,(H,25,32)(H,26,27,29,30). The van der Waals surface area contributed by atoms with Crippen LogP contribution in [0.5, 0.6) is 0 Å². The smallest absolute Gasteiger partial charge is 0.241 e. The van der Waals surface area contributed by atoms with Crippen molar-refractivity contribution in [2.45, 2.75) is 39.2 Å². The van der Waals surface area contributed by atoms with Gasteiger partial charge in [-0.15, -0.1) is 10.2 Å². The first-order chi connectivity index (χ1) is 15.7. The number of aryl methyl sites for hydroxylation is 1. The molecule has 0 aliphatic rings. The molecule has 0 unspecified atom stereocenters. The fourth-order valence-corrected chi connectivity index (χ4v) is 3.51. The van der Waals surface area contributed by atoms with Crippen LogP contribution in [0.25, 0.3) is 22.5 Å². The van der Waals surface area contributed by atoms with Crippen LogP contribution in [0.3, 0.4) is 0 Å². The van der Waals surface area contributed by atoms with E-state index in [0.29, 0.717) is 18.2 Å². The molecule has 0 fully saturated rings. The zero-order valence-corrected chi connectivity index (χ0v) is 17.8. The van der Waals surface area contributed by atoms with E-state index in [1.807, 2.05) is 28.9 Å². The van der Waals surface area contributed by atoms with Gasteiger partial charge in [-0.05, 0) is 28.3 Å². The van der Waals surface area contributed by atoms with Crippen molar-refractivity contribution in [3.05, 3.63) is 65.7 Å². The van der Waals surface area contributed by atoms with E-state index in [0.717, 1.165) is 47.3 Å². The molecule has 0 bridgehead atoms. The highest BCUT2D eigenvalue weighted by molar-refractivity contribution is 5.80. The van der Waals surface area contributed by atoms with Gasteiger partial charge in [0.15, 0.2) is 5.82 Å². The average molecular weight is 432 g/mol. The molecule has 4 N–H and O–H groups in total. The number of nitrogens with two attached hydrogens (primary N) is 1. The highest BCUT2D eigenvalue weighted by atomic mass is 16.2. The summed E-state index contributed by atoms with van der Waals surface area (Å²) in [6, 6.07) is 16.2. The minimum atomic E-state index is -0.311. The van der Waals surface area contributed by atoms with Gasteiger partial charge in [-0.3, -0.25) is 10.2 Å². The Morgan fingerprint density at radius 3 is 2.59 bits per heavy atom. The van der Waals surface area contributed by atoms with E-state index in [9.17, 15) is 4.79 Å². The van der Waals surface area contributed by atoms with Crippen LogP contribution in [0.2, 0.25) is 0 Å². The highest BCUT2D eigenvalue weighted by Gasteiger charge is 2.14. The van der Waals surface area contributed by atoms with E-state index in [1.165, 1.54) is 0 Å². The van der Waals surface area contributed by atoms with E-state index < -0.39 is 0 Å². The van der Waals surface area contributed by atoms with Gasteiger partial charge in [0.25, 0.3) is 0 Å². The fraction of sp³-hybridized carbons (Fsp3) is 0.273. The molecular weight excluding hydrogens is 406 g/mol.